The SMILES string of the molecule is COc1cccc(C(=O)N2CCC(O)c3cc(F)ccc32)c1. The maximum absolute atomic E-state index is 13.4. The van der Waals surface area contributed by atoms with Crippen molar-refractivity contribution < 1.29 is 19.0 Å². The van der Waals surface area contributed by atoms with Crippen molar-refractivity contribution in [3.05, 3.63) is 59.4 Å². The van der Waals surface area contributed by atoms with Crippen LogP contribution >= 0.6 is 0 Å². The van der Waals surface area contributed by atoms with Crippen LogP contribution in [-0.2, 0) is 0 Å². The predicted molar refractivity (Wildman–Crippen MR) is 80.6 cm³/mol. The number of carbonyl (C=O) groups is 1. The van der Waals surface area contributed by atoms with E-state index in [0.717, 1.165) is 0 Å². The van der Waals surface area contributed by atoms with E-state index in [-0.39, 0.29) is 5.91 Å². The Morgan fingerprint density at radius 3 is 2.91 bits per heavy atom. The smallest absolute Gasteiger partial charge is 0.258 e. The van der Waals surface area contributed by atoms with Crippen LogP contribution in [0.2, 0.25) is 0 Å². The minimum atomic E-state index is -0.750. The number of nitrogens with zero attached hydrogens (tertiary/aromatic N) is 1. The van der Waals surface area contributed by atoms with E-state index >= 15 is 0 Å². The molecule has 0 saturated heterocycles. The maximum Gasteiger partial charge on any atom is 0.258 e. The van der Waals surface area contributed by atoms with Gasteiger partial charge in [-0.2, -0.15) is 0 Å². The van der Waals surface area contributed by atoms with Crippen LogP contribution in [0.4, 0.5) is 10.1 Å². The normalized spacial score (nSPS) is 17.0. The van der Waals surface area contributed by atoms with Gasteiger partial charge in [0, 0.05) is 23.4 Å². The molecule has 0 aliphatic carbocycles. The highest BCUT2D eigenvalue weighted by Crippen LogP contribution is 2.35. The van der Waals surface area contributed by atoms with Gasteiger partial charge >= 0.3 is 0 Å². The molecule has 22 heavy (non-hydrogen) atoms. The number of ether oxygens (including phenoxy) is 1. The summed E-state index contributed by atoms with van der Waals surface area (Å²) in [6.45, 7) is 0.385. The number of hydrogen-bond acceptors (Lipinski definition) is 3. The molecule has 1 heterocycles. The lowest BCUT2D eigenvalue weighted by Gasteiger charge is -2.32. The van der Waals surface area contributed by atoms with E-state index < -0.39 is 11.9 Å². The predicted octanol–water partition coefficient (Wildman–Crippen LogP) is 2.92. The number of rotatable bonds is 2. The van der Waals surface area contributed by atoms with E-state index in [0.29, 0.717) is 35.5 Å². The topological polar surface area (TPSA) is 49.8 Å². The van der Waals surface area contributed by atoms with E-state index in [1.807, 2.05) is 0 Å². The maximum atomic E-state index is 13.4. The first-order chi connectivity index (χ1) is 10.6. The van der Waals surface area contributed by atoms with Crippen molar-refractivity contribution in [3.63, 3.8) is 0 Å². The van der Waals surface area contributed by atoms with Crippen molar-refractivity contribution in [2.24, 2.45) is 0 Å². The Morgan fingerprint density at radius 2 is 2.14 bits per heavy atom. The van der Waals surface area contributed by atoms with Gasteiger partial charge < -0.3 is 14.7 Å². The first-order valence-corrected chi connectivity index (χ1v) is 7.03. The highest BCUT2D eigenvalue weighted by atomic mass is 19.1. The van der Waals surface area contributed by atoms with Crippen molar-refractivity contribution in [1.29, 1.82) is 0 Å². The van der Waals surface area contributed by atoms with Gasteiger partial charge in [-0.1, -0.05) is 6.07 Å². The fourth-order valence-electron chi connectivity index (χ4n) is 2.69. The van der Waals surface area contributed by atoms with Crippen LogP contribution in [0.5, 0.6) is 5.75 Å². The average Bonchev–Trinajstić information content (AvgIpc) is 2.55. The molecule has 0 aromatic heterocycles. The molecule has 2 aromatic carbocycles. The van der Waals surface area contributed by atoms with Crippen LogP contribution in [0.3, 0.4) is 0 Å². The summed E-state index contributed by atoms with van der Waals surface area (Å²) in [5.74, 6) is -0.0191. The Hall–Kier alpha value is -2.40. The van der Waals surface area contributed by atoms with Gasteiger partial charge in [-0.05, 0) is 42.8 Å². The number of fused-ring (bicyclic) bond motifs is 1. The van der Waals surface area contributed by atoms with Crippen LogP contribution in [0, 0.1) is 5.82 Å². The van der Waals surface area contributed by atoms with E-state index in [4.69, 9.17) is 4.74 Å². The monoisotopic (exact) mass is 301 g/mol. The molecular formula is C17H16FNO3. The van der Waals surface area contributed by atoms with E-state index in [2.05, 4.69) is 0 Å². The first-order valence-electron chi connectivity index (χ1n) is 7.03. The lowest BCUT2D eigenvalue weighted by Crippen LogP contribution is -2.36. The number of aliphatic hydroxyl groups excluding tert-OH is 1. The number of benzene rings is 2. The highest BCUT2D eigenvalue weighted by molar-refractivity contribution is 6.07. The standard InChI is InChI=1S/C17H16FNO3/c1-22-13-4-2-3-11(9-13)17(21)19-8-7-16(20)14-10-12(18)5-6-15(14)19/h2-6,9-10,16,20H,7-8H2,1H3. The largest absolute Gasteiger partial charge is 0.497 e. The molecule has 3 rings (SSSR count). The quantitative estimate of drug-likeness (QED) is 0.928. The molecule has 114 valence electrons. The van der Waals surface area contributed by atoms with Crippen LogP contribution in [0.15, 0.2) is 42.5 Å². The molecule has 1 amide bonds. The van der Waals surface area contributed by atoms with Crippen molar-refractivity contribution in [2.75, 3.05) is 18.6 Å². The zero-order valence-electron chi connectivity index (χ0n) is 12.1. The molecule has 1 N–H and O–H groups in total. The summed E-state index contributed by atoms with van der Waals surface area (Å²) in [4.78, 5) is 14.3. The molecule has 1 aliphatic heterocycles. The van der Waals surface area contributed by atoms with Gasteiger partial charge in [-0.25, -0.2) is 4.39 Å². The summed E-state index contributed by atoms with van der Waals surface area (Å²) in [5.41, 5.74) is 1.49. The summed E-state index contributed by atoms with van der Waals surface area (Å²) in [7, 11) is 1.54. The van der Waals surface area contributed by atoms with Gasteiger partial charge in [-0.15, -0.1) is 0 Å². The minimum absolute atomic E-state index is 0.196. The summed E-state index contributed by atoms with van der Waals surface area (Å²) in [6, 6.07) is 11.0. The third-order valence-corrected chi connectivity index (χ3v) is 3.83. The van der Waals surface area contributed by atoms with Crippen molar-refractivity contribution in [1.82, 2.24) is 0 Å². The molecule has 5 heteroatoms. The second kappa shape index (κ2) is 5.77. The number of hydrogen-bond donors (Lipinski definition) is 1. The van der Waals surface area contributed by atoms with Gasteiger partial charge in [0.25, 0.3) is 5.91 Å². The number of halogens is 1. The van der Waals surface area contributed by atoms with Crippen LogP contribution in [-0.4, -0.2) is 24.7 Å². The molecule has 0 fully saturated rings. The molecule has 2 aromatic rings. The Kier molecular flexibility index (Phi) is 3.81. The zero-order chi connectivity index (χ0) is 15.7. The van der Waals surface area contributed by atoms with Crippen molar-refractivity contribution in [3.8, 4) is 5.75 Å². The van der Waals surface area contributed by atoms with Gasteiger partial charge in [0.15, 0.2) is 0 Å². The Bertz CT molecular complexity index is 717. The summed E-state index contributed by atoms with van der Waals surface area (Å²) in [6.07, 6.45) is -0.369. The van der Waals surface area contributed by atoms with E-state index in [9.17, 15) is 14.3 Å². The van der Waals surface area contributed by atoms with Crippen LogP contribution < -0.4 is 9.64 Å². The van der Waals surface area contributed by atoms with Crippen LogP contribution in [0.25, 0.3) is 0 Å². The Morgan fingerprint density at radius 1 is 1.32 bits per heavy atom. The number of methoxy groups -OCH3 is 1. The average molecular weight is 301 g/mol. The number of aliphatic hydroxyl groups is 1. The van der Waals surface area contributed by atoms with Crippen LogP contribution in [0.1, 0.15) is 28.4 Å². The van der Waals surface area contributed by atoms with Gasteiger partial charge in [0.05, 0.1) is 13.2 Å². The third-order valence-electron chi connectivity index (χ3n) is 3.83. The number of anilines is 1. The summed E-state index contributed by atoms with van der Waals surface area (Å²) < 4.78 is 18.5. The summed E-state index contributed by atoms with van der Waals surface area (Å²) in [5, 5.41) is 10.0. The van der Waals surface area contributed by atoms with E-state index in [1.54, 1.807) is 36.3 Å². The lowest BCUT2D eigenvalue weighted by molar-refractivity contribution is 0.0970. The molecule has 0 bridgehead atoms. The van der Waals surface area contributed by atoms with Crippen molar-refractivity contribution in [2.45, 2.75) is 12.5 Å². The molecular weight excluding hydrogens is 285 g/mol. The molecule has 1 atom stereocenters. The number of carbonyl (C=O) groups excluding carboxylic acids is 1. The molecule has 0 saturated carbocycles. The Balaban J connectivity index is 1.99. The minimum Gasteiger partial charge on any atom is -0.497 e. The molecule has 1 aliphatic rings. The summed E-state index contributed by atoms with van der Waals surface area (Å²) >= 11 is 0. The van der Waals surface area contributed by atoms with E-state index in [1.165, 1.54) is 18.2 Å². The number of amides is 1. The zero-order valence-corrected chi connectivity index (χ0v) is 12.1. The van der Waals surface area contributed by atoms with Gasteiger partial charge in [0.1, 0.15) is 11.6 Å². The lowest BCUT2D eigenvalue weighted by atomic mass is 9.98. The Labute approximate surface area is 127 Å². The fourth-order valence-corrected chi connectivity index (χ4v) is 2.69. The first kappa shape index (κ1) is 14.5. The fraction of sp³-hybridized carbons (Fsp3) is 0.235. The molecule has 1 unspecified atom stereocenters. The molecule has 4 nitrogen and oxygen atoms in total. The third kappa shape index (κ3) is 2.55. The second-order valence-corrected chi connectivity index (χ2v) is 5.20. The molecule has 0 spiro atoms. The second-order valence-electron chi connectivity index (χ2n) is 5.20. The van der Waals surface area contributed by atoms with Gasteiger partial charge in [-0.3, -0.25) is 4.79 Å². The van der Waals surface area contributed by atoms with Gasteiger partial charge in [0.2, 0.25) is 0 Å². The highest BCUT2D eigenvalue weighted by Gasteiger charge is 2.28. The molecule has 0 radical (unpaired) electrons. The van der Waals surface area contributed by atoms with Crippen molar-refractivity contribution >= 4 is 11.6 Å².